The summed E-state index contributed by atoms with van der Waals surface area (Å²) in [5.41, 5.74) is 1.50. The molecule has 0 radical (unpaired) electrons. The molecule has 1 N–H and O–H groups in total. The number of esters is 2. The van der Waals surface area contributed by atoms with E-state index in [-0.39, 0.29) is 31.8 Å². The van der Waals surface area contributed by atoms with Crippen LogP contribution in [0.5, 0.6) is 0 Å². The van der Waals surface area contributed by atoms with E-state index in [0.29, 0.717) is 18.6 Å². The predicted molar refractivity (Wildman–Crippen MR) is 96.8 cm³/mol. The van der Waals surface area contributed by atoms with Crippen molar-refractivity contribution in [3.8, 4) is 0 Å². The summed E-state index contributed by atoms with van der Waals surface area (Å²) >= 11 is 0. The van der Waals surface area contributed by atoms with E-state index in [2.05, 4.69) is 12.2 Å². The molecule has 0 amide bonds. The predicted octanol–water partition coefficient (Wildman–Crippen LogP) is 3.42. The van der Waals surface area contributed by atoms with Crippen molar-refractivity contribution in [1.82, 2.24) is 0 Å². The first-order valence-electron chi connectivity index (χ1n) is 8.91. The highest BCUT2D eigenvalue weighted by Crippen LogP contribution is 2.10. The van der Waals surface area contributed by atoms with E-state index in [1.54, 1.807) is 12.1 Å². The molecule has 1 aromatic rings. The van der Waals surface area contributed by atoms with Crippen LogP contribution >= 0.6 is 0 Å². The zero-order valence-electron chi connectivity index (χ0n) is 15.2. The summed E-state index contributed by atoms with van der Waals surface area (Å²) in [7, 11) is 0. The molecule has 0 unspecified atom stereocenters. The van der Waals surface area contributed by atoms with Gasteiger partial charge in [-0.05, 0) is 37.1 Å². The van der Waals surface area contributed by atoms with E-state index in [1.807, 2.05) is 19.1 Å². The van der Waals surface area contributed by atoms with Crippen molar-refractivity contribution in [1.29, 1.82) is 0 Å². The van der Waals surface area contributed by atoms with E-state index >= 15 is 0 Å². The van der Waals surface area contributed by atoms with Crippen LogP contribution in [0.15, 0.2) is 24.3 Å². The summed E-state index contributed by atoms with van der Waals surface area (Å²) in [4.78, 5) is 23.0. The monoisotopic (exact) mass is 351 g/mol. The Kier molecular flexibility index (Phi) is 11.1. The Morgan fingerprint density at radius 1 is 0.920 bits per heavy atom. The van der Waals surface area contributed by atoms with Crippen molar-refractivity contribution in [3.63, 3.8) is 0 Å². The summed E-state index contributed by atoms with van der Waals surface area (Å²) in [5.74, 6) is -0.594. The van der Waals surface area contributed by atoms with Crippen LogP contribution in [0.1, 0.15) is 49.9 Å². The molecule has 0 aromatic heterocycles. The average molecular weight is 351 g/mol. The Morgan fingerprint density at radius 3 is 2.24 bits per heavy atom. The Bertz CT molecular complexity index is 501. The Morgan fingerprint density at radius 2 is 1.60 bits per heavy atom. The maximum atomic E-state index is 11.9. The van der Waals surface area contributed by atoms with Crippen molar-refractivity contribution in [2.24, 2.45) is 0 Å². The molecule has 0 saturated heterocycles. The molecule has 1 aromatic carbocycles. The zero-order valence-corrected chi connectivity index (χ0v) is 15.2. The first-order chi connectivity index (χ1) is 12.2. The molecule has 1 rings (SSSR count). The topological polar surface area (TPSA) is 73.9 Å². The van der Waals surface area contributed by atoms with Gasteiger partial charge in [0.15, 0.2) is 0 Å². The Labute approximate surface area is 149 Å². The molecule has 6 heteroatoms. The van der Waals surface area contributed by atoms with Crippen LogP contribution in [-0.4, -0.2) is 44.9 Å². The van der Waals surface area contributed by atoms with E-state index < -0.39 is 0 Å². The molecule has 0 saturated carbocycles. The molecule has 0 heterocycles. The smallest absolute Gasteiger partial charge is 0.338 e. The molecule has 0 fully saturated rings. The third-order valence-electron chi connectivity index (χ3n) is 3.39. The van der Waals surface area contributed by atoms with Crippen molar-refractivity contribution in [2.45, 2.75) is 39.5 Å². The Balaban J connectivity index is 2.12. The first kappa shape index (κ1) is 21.0. The second-order valence-corrected chi connectivity index (χ2v) is 5.58. The molecular formula is C19H29NO5. The fraction of sp³-hybridized carbons (Fsp3) is 0.579. The number of rotatable bonds is 13. The third-order valence-corrected chi connectivity index (χ3v) is 3.39. The number of unbranched alkanes of at least 4 members (excludes halogenated alkanes) is 1. The number of benzene rings is 1. The van der Waals surface area contributed by atoms with Crippen LogP contribution in [0.25, 0.3) is 0 Å². The molecule has 0 aliphatic rings. The first-order valence-corrected chi connectivity index (χ1v) is 8.91. The summed E-state index contributed by atoms with van der Waals surface area (Å²) < 4.78 is 15.3. The summed E-state index contributed by atoms with van der Waals surface area (Å²) in [6, 6.07) is 7.22. The number of hydrogen-bond donors (Lipinski definition) is 1. The minimum Gasteiger partial charge on any atom is -0.463 e. The number of anilines is 1. The molecule has 6 nitrogen and oxygen atoms in total. The maximum absolute atomic E-state index is 11.9. The highest BCUT2D eigenvalue weighted by molar-refractivity contribution is 5.89. The van der Waals surface area contributed by atoms with Gasteiger partial charge in [-0.15, -0.1) is 0 Å². The molecule has 0 bridgehead atoms. The highest BCUT2D eigenvalue weighted by atomic mass is 16.6. The van der Waals surface area contributed by atoms with E-state index in [0.717, 1.165) is 31.5 Å². The second kappa shape index (κ2) is 13.2. The van der Waals surface area contributed by atoms with Gasteiger partial charge in [0, 0.05) is 18.7 Å². The van der Waals surface area contributed by atoms with Gasteiger partial charge < -0.3 is 19.5 Å². The van der Waals surface area contributed by atoms with Crippen LogP contribution in [0, 0.1) is 0 Å². The minimum atomic E-state index is -0.377. The van der Waals surface area contributed by atoms with Gasteiger partial charge in [0.05, 0.1) is 18.8 Å². The minimum absolute atomic E-state index is 0.165. The Hall–Kier alpha value is -2.08. The number of hydrogen-bond acceptors (Lipinski definition) is 6. The average Bonchev–Trinajstić information content (AvgIpc) is 2.62. The van der Waals surface area contributed by atoms with Gasteiger partial charge >= 0.3 is 11.9 Å². The highest BCUT2D eigenvalue weighted by Gasteiger charge is 2.07. The largest absolute Gasteiger partial charge is 0.463 e. The lowest BCUT2D eigenvalue weighted by molar-refractivity contribution is -0.145. The van der Waals surface area contributed by atoms with Crippen molar-refractivity contribution < 1.29 is 23.8 Å². The summed E-state index contributed by atoms with van der Waals surface area (Å²) in [5, 5.41) is 3.29. The van der Waals surface area contributed by atoms with Crippen LogP contribution in [0.3, 0.4) is 0 Å². The molecule has 0 atom stereocenters. The number of nitrogens with one attached hydrogen (secondary N) is 1. The normalized spacial score (nSPS) is 10.3. The van der Waals surface area contributed by atoms with Crippen molar-refractivity contribution >= 4 is 17.6 Å². The number of ether oxygens (including phenoxy) is 3. The summed E-state index contributed by atoms with van der Waals surface area (Å²) in [6.45, 7) is 5.94. The molecule has 0 aliphatic heterocycles. The molecular weight excluding hydrogens is 322 g/mol. The number of carbonyl (C=O) groups is 2. The summed E-state index contributed by atoms with van der Waals surface area (Å²) in [6.07, 6.45) is 3.44. The van der Waals surface area contributed by atoms with Gasteiger partial charge in [-0.1, -0.05) is 20.3 Å². The second-order valence-electron chi connectivity index (χ2n) is 5.58. The lowest BCUT2D eigenvalue weighted by Gasteiger charge is -2.08. The van der Waals surface area contributed by atoms with Gasteiger partial charge in [-0.3, -0.25) is 4.79 Å². The lowest BCUT2D eigenvalue weighted by Crippen LogP contribution is -2.14. The van der Waals surface area contributed by atoms with Crippen LogP contribution in [0.4, 0.5) is 5.69 Å². The SMILES string of the molecule is CCCCNc1ccc(C(=O)OCCOCCOC(=O)CCC)cc1. The van der Waals surface area contributed by atoms with E-state index in [4.69, 9.17) is 14.2 Å². The molecule has 0 aliphatic carbocycles. The standard InChI is InChI=1S/C19H29NO5/c1-3-5-11-20-17-9-7-16(8-10-17)19(22)25-15-13-23-12-14-24-18(21)6-4-2/h7-10,20H,3-6,11-15H2,1-2H3. The quantitative estimate of drug-likeness (QED) is 0.434. The van der Waals surface area contributed by atoms with Crippen LogP contribution in [-0.2, 0) is 19.0 Å². The van der Waals surface area contributed by atoms with Crippen molar-refractivity contribution in [2.75, 3.05) is 38.3 Å². The van der Waals surface area contributed by atoms with E-state index in [1.165, 1.54) is 0 Å². The van der Waals surface area contributed by atoms with Gasteiger partial charge in [0.2, 0.25) is 0 Å². The van der Waals surface area contributed by atoms with E-state index in [9.17, 15) is 9.59 Å². The number of carbonyl (C=O) groups excluding carboxylic acids is 2. The van der Waals surface area contributed by atoms with Gasteiger partial charge in [-0.2, -0.15) is 0 Å². The van der Waals surface area contributed by atoms with Gasteiger partial charge in [0.1, 0.15) is 13.2 Å². The zero-order chi connectivity index (χ0) is 18.3. The van der Waals surface area contributed by atoms with Gasteiger partial charge in [0.25, 0.3) is 0 Å². The lowest BCUT2D eigenvalue weighted by atomic mass is 10.2. The molecule has 0 spiro atoms. The third kappa shape index (κ3) is 9.72. The van der Waals surface area contributed by atoms with Crippen molar-refractivity contribution in [3.05, 3.63) is 29.8 Å². The van der Waals surface area contributed by atoms with Crippen LogP contribution < -0.4 is 5.32 Å². The fourth-order valence-corrected chi connectivity index (χ4v) is 2.00. The molecule has 140 valence electrons. The van der Waals surface area contributed by atoms with Gasteiger partial charge in [-0.25, -0.2) is 4.79 Å². The molecule has 25 heavy (non-hydrogen) atoms. The maximum Gasteiger partial charge on any atom is 0.338 e. The fourth-order valence-electron chi connectivity index (χ4n) is 2.00. The van der Waals surface area contributed by atoms with Crippen LogP contribution in [0.2, 0.25) is 0 Å².